The average Bonchev–Trinajstić information content (AvgIpc) is 3.76. The summed E-state index contributed by atoms with van der Waals surface area (Å²) in [5.41, 5.74) is 6.68. The molecule has 1 unspecified atom stereocenters. The van der Waals surface area contributed by atoms with E-state index in [4.69, 9.17) is 50.1 Å². The van der Waals surface area contributed by atoms with E-state index < -0.39 is 43.1 Å². The van der Waals surface area contributed by atoms with Crippen LogP contribution in [0.1, 0.15) is 43.2 Å². The van der Waals surface area contributed by atoms with Crippen molar-refractivity contribution in [2.45, 2.75) is 44.3 Å². The number of nitrogen functional groups attached to an aromatic ring is 1. The summed E-state index contributed by atoms with van der Waals surface area (Å²) in [4.78, 5) is 35.2. The van der Waals surface area contributed by atoms with Crippen LogP contribution in [0.15, 0.2) is 90.0 Å². The van der Waals surface area contributed by atoms with Crippen molar-refractivity contribution in [1.82, 2.24) is 19.5 Å². The van der Waals surface area contributed by atoms with Crippen LogP contribution >= 0.6 is 13.5 Å². The van der Waals surface area contributed by atoms with Gasteiger partial charge in [-0.05, 0) is 66.6 Å². The smallest absolute Gasteiger partial charge is 0.411 e. The minimum atomic E-state index is -4.30. The zero-order valence-corrected chi connectivity index (χ0v) is 32.1. The minimum Gasteiger partial charge on any atom is -0.497 e. The third kappa shape index (κ3) is 7.70. The Morgan fingerprint density at radius 1 is 0.962 bits per heavy atom. The van der Waals surface area contributed by atoms with Gasteiger partial charge in [0.05, 0.1) is 46.5 Å². The highest BCUT2D eigenvalue weighted by Crippen LogP contribution is 2.81. The fourth-order valence-electron chi connectivity index (χ4n) is 6.31. The zero-order chi connectivity index (χ0) is 37.8. The third-order valence-electron chi connectivity index (χ3n) is 8.75. The van der Waals surface area contributed by atoms with Crippen molar-refractivity contribution >= 4 is 42.4 Å². The van der Waals surface area contributed by atoms with Crippen LogP contribution < -0.4 is 20.8 Å². The molecule has 0 saturated carbocycles. The number of benzene rings is 3. The number of imidazole rings is 1. The van der Waals surface area contributed by atoms with Crippen LogP contribution in [0, 0.1) is 0 Å². The molecule has 4 atom stereocenters. The molecular formula is C35H41N5O10P2S. The fourth-order valence-corrected chi connectivity index (χ4v) is 11.5. The first-order valence-corrected chi connectivity index (χ1v) is 21.7. The van der Waals surface area contributed by atoms with Gasteiger partial charge in [0.1, 0.15) is 29.4 Å². The summed E-state index contributed by atoms with van der Waals surface area (Å²) in [5, 5.41) is 0. The number of nitrogens with two attached hydrogens (primary N) is 1. The summed E-state index contributed by atoms with van der Waals surface area (Å²) >= 11 is 5.50. The molecule has 0 bridgehead atoms. The summed E-state index contributed by atoms with van der Waals surface area (Å²) in [6.07, 6.45) is -5.65. The number of nitrogens with one attached hydrogen (secondary N) is 1. The number of rotatable bonds is 16. The van der Waals surface area contributed by atoms with E-state index >= 15 is 0 Å². The number of hydrogen-bond donors (Lipinski definition) is 3. The van der Waals surface area contributed by atoms with Crippen LogP contribution in [0.4, 0.5) is 5.95 Å². The second kappa shape index (κ2) is 16.2. The lowest BCUT2D eigenvalue weighted by atomic mass is 9.80. The van der Waals surface area contributed by atoms with Gasteiger partial charge in [0.2, 0.25) is 5.95 Å². The molecule has 2 aromatic heterocycles. The standard InChI is InChI=1S/C35H41N5O10P2S/c1-5-47-51(42,48-6-2)52(43,53)50-28-20-30(40-22-37-31-32(40)38-34(36)39-33(31)41)49-29(28)21-46-35(23-10-8-7-9-11-23,24-12-16-26(44-3)17-13-24)25-14-18-27(45-4)19-15-25/h7-19,22,28-30H,5-6,20-21H2,1-4H3,(H,43,53)(H3,36,38,39,41)/t28-,29+,30+,52?/m0/s1. The van der Waals surface area contributed by atoms with Crippen LogP contribution in [0.2, 0.25) is 0 Å². The van der Waals surface area contributed by atoms with Gasteiger partial charge in [-0.25, -0.2) is 9.55 Å². The van der Waals surface area contributed by atoms with E-state index in [9.17, 15) is 14.3 Å². The van der Waals surface area contributed by atoms with Crippen molar-refractivity contribution in [2.75, 3.05) is 39.8 Å². The lowest BCUT2D eigenvalue weighted by Gasteiger charge is -2.37. The molecule has 5 aromatic rings. The molecule has 1 fully saturated rings. The Bertz CT molecular complexity index is 2110. The van der Waals surface area contributed by atoms with Crippen LogP contribution in [0.3, 0.4) is 0 Å². The van der Waals surface area contributed by atoms with E-state index in [1.54, 1.807) is 32.6 Å². The van der Waals surface area contributed by atoms with E-state index in [0.717, 1.165) is 16.7 Å². The molecule has 53 heavy (non-hydrogen) atoms. The number of aromatic amines is 1. The largest absolute Gasteiger partial charge is 0.497 e. The molecule has 0 aliphatic carbocycles. The van der Waals surface area contributed by atoms with Crippen molar-refractivity contribution in [3.8, 4) is 11.5 Å². The number of anilines is 1. The van der Waals surface area contributed by atoms with Gasteiger partial charge in [-0.2, -0.15) is 4.98 Å². The lowest BCUT2D eigenvalue weighted by molar-refractivity contribution is -0.0900. The SMILES string of the molecule is CCOP(=O)(OCC)P(O)(=S)O[C@H]1C[C@H](n2cnc3c(=O)[nH]c(N)nc32)O[C@@H]1COC(c1ccccc1)(c1ccc(OC)cc1)c1ccc(OC)cc1. The van der Waals surface area contributed by atoms with Gasteiger partial charge < -0.3 is 43.1 Å². The lowest BCUT2D eigenvalue weighted by Crippen LogP contribution is -2.38. The highest BCUT2D eigenvalue weighted by atomic mass is 32.6. The minimum absolute atomic E-state index is 0.0398. The number of nitrogens with zero attached hydrogens (tertiary/aromatic N) is 3. The molecule has 282 valence electrons. The molecule has 1 aliphatic rings. The molecule has 15 nitrogen and oxygen atoms in total. The van der Waals surface area contributed by atoms with Gasteiger partial charge >= 0.3 is 13.5 Å². The number of methoxy groups -OCH3 is 2. The molecule has 1 saturated heterocycles. The Morgan fingerprint density at radius 3 is 2.08 bits per heavy atom. The van der Waals surface area contributed by atoms with E-state index in [-0.39, 0.29) is 43.4 Å². The van der Waals surface area contributed by atoms with Gasteiger partial charge in [-0.1, -0.05) is 54.6 Å². The van der Waals surface area contributed by atoms with E-state index in [2.05, 4.69) is 15.0 Å². The highest BCUT2D eigenvalue weighted by Gasteiger charge is 2.50. The van der Waals surface area contributed by atoms with E-state index in [0.29, 0.717) is 11.5 Å². The summed E-state index contributed by atoms with van der Waals surface area (Å²) in [5.74, 6) is 1.20. The highest BCUT2D eigenvalue weighted by molar-refractivity contribution is 8.47. The number of ether oxygens (including phenoxy) is 4. The first-order chi connectivity index (χ1) is 25.5. The molecule has 0 amide bonds. The normalized spacial score (nSPS) is 18.9. The molecule has 0 radical (unpaired) electrons. The number of H-pyrrole nitrogens is 1. The molecule has 3 heterocycles. The maximum Gasteiger partial charge on any atom is 0.411 e. The molecule has 1 aliphatic heterocycles. The Balaban J connectivity index is 1.45. The topological polar surface area (TPSA) is 192 Å². The Morgan fingerprint density at radius 2 is 1.53 bits per heavy atom. The Labute approximate surface area is 310 Å². The van der Waals surface area contributed by atoms with E-state index in [1.807, 2.05) is 78.9 Å². The number of hydrogen-bond acceptors (Lipinski definition) is 13. The summed E-state index contributed by atoms with van der Waals surface area (Å²) in [6.45, 7) is 3.00. The quantitative estimate of drug-likeness (QED) is 0.0793. The Hall–Kier alpha value is -3.95. The molecule has 18 heteroatoms. The maximum absolute atomic E-state index is 13.8. The third-order valence-corrected chi connectivity index (χ3v) is 16.0. The zero-order valence-electron chi connectivity index (χ0n) is 29.5. The van der Waals surface area contributed by atoms with Crippen molar-refractivity contribution in [3.63, 3.8) is 0 Å². The molecular weight excluding hydrogens is 744 g/mol. The van der Waals surface area contributed by atoms with E-state index in [1.165, 1.54) is 6.33 Å². The Kier molecular flexibility index (Phi) is 11.8. The number of fused-ring (bicyclic) bond motifs is 1. The fraction of sp³-hybridized carbons (Fsp3) is 0.343. The van der Waals surface area contributed by atoms with Crippen molar-refractivity contribution in [2.24, 2.45) is 0 Å². The second-order valence-corrected chi connectivity index (χ2v) is 19.9. The van der Waals surface area contributed by atoms with Gasteiger partial charge in [-0.15, -0.1) is 0 Å². The summed E-state index contributed by atoms with van der Waals surface area (Å²) in [6, 6.07) is 24.7. The summed E-state index contributed by atoms with van der Waals surface area (Å²) < 4.78 is 57.0. The predicted molar refractivity (Wildman–Crippen MR) is 202 cm³/mol. The van der Waals surface area contributed by atoms with Gasteiger partial charge in [-0.3, -0.25) is 14.3 Å². The van der Waals surface area contributed by atoms with Crippen LogP contribution in [-0.2, 0) is 45.0 Å². The van der Waals surface area contributed by atoms with Crippen molar-refractivity contribution < 1.29 is 42.0 Å². The first kappa shape index (κ1) is 38.8. The molecule has 0 spiro atoms. The van der Waals surface area contributed by atoms with Gasteiger partial charge in [0.25, 0.3) is 5.56 Å². The molecule has 4 N–H and O–H groups in total. The number of aromatic nitrogens is 4. The summed E-state index contributed by atoms with van der Waals surface area (Å²) in [7, 11) is -1.11. The van der Waals surface area contributed by atoms with Crippen LogP contribution in [0.25, 0.3) is 11.2 Å². The van der Waals surface area contributed by atoms with Crippen LogP contribution in [0.5, 0.6) is 11.5 Å². The van der Waals surface area contributed by atoms with Gasteiger partial charge in [0.15, 0.2) is 11.2 Å². The average molecular weight is 786 g/mol. The van der Waals surface area contributed by atoms with Crippen molar-refractivity contribution in [3.05, 3.63) is 112 Å². The van der Waals surface area contributed by atoms with Gasteiger partial charge in [0, 0.05) is 6.42 Å². The van der Waals surface area contributed by atoms with Crippen LogP contribution in [-0.4, -0.2) is 70.7 Å². The van der Waals surface area contributed by atoms with Crippen molar-refractivity contribution in [1.29, 1.82) is 0 Å². The molecule has 6 rings (SSSR count). The molecule has 3 aromatic carbocycles. The second-order valence-electron chi connectivity index (χ2n) is 11.9. The first-order valence-electron chi connectivity index (χ1n) is 16.8. The monoisotopic (exact) mass is 785 g/mol. The maximum atomic E-state index is 13.8. The predicted octanol–water partition coefficient (Wildman–Crippen LogP) is 5.88.